The van der Waals surface area contributed by atoms with Crippen molar-refractivity contribution in [2.45, 2.75) is 63.6 Å². The van der Waals surface area contributed by atoms with Crippen molar-refractivity contribution in [3.8, 4) is 0 Å². The molecule has 4 rings (SSSR count). The largest absolute Gasteiger partial charge is 0.324 e. The van der Waals surface area contributed by atoms with E-state index in [1.165, 1.54) is 6.07 Å². The Morgan fingerprint density at radius 3 is 2.68 bits per heavy atom. The first-order chi connectivity index (χ1) is 17.6. The Morgan fingerprint density at radius 2 is 1.97 bits per heavy atom. The molecule has 0 radical (unpaired) electrons. The number of halogens is 2. The highest BCUT2D eigenvalue weighted by molar-refractivity contribution is 7.89. The monoisotopic (exact) mass is 550 g/mol. The lowest BCUT2D eigenvalue weighted by Gasteiger charge is -2.37. The van der Waals surface area contributed by atoms with Gasteiger partial charge in [-0.1, -0.05) is 43.6 Å². The molecule has 2 aliphatic heterocycles. The van der Waals surface area contributed by atoms with Crippen molar-refractivity contribution in [1.82, 2.24) is 9.62 Å². The van der Waals surface area contributed by atoms with Crippen molar-refractivity contribution < 1.29 is 17.6 Å². The number of anilines is 1. The van der Waals surface area contributed by atoms with E-state index in [0.717, 1.165) is 12.0 Å². The second-order valence-electron chi connectivity index (χ2n) is 10.4. The average Bonchev–Trinajstić information content (AvgIpc) is 2.96. The van der Waals surface area contributed by atoms with Gasteiger partial charge in [0, 0.05) is 47.4 Å². The number of nitrogens with two attached hydrogens (primary N) is 1. The molecule has 0 aliphatic carbocycles. The van der Waals surface area contributed by atoms with Crippen LogP contribution in [0.5, 0.6) is 0 Å². The highest BCUT2D eigenvalue weighted by Gasteiger charge is 2.38. The van der Waals surface area contributed by atoms with Gasteiger partial charge in [0.2, 0.25) is 15.9 Å². The van der Waals surface area contributed by atoms with Gasteiger partial charge in [0.25, 0.3) is 0 Å². The number of piperazine rings is 1. The molecule has 10 heteroatoms. The van der Waals surface area contributed by atoms with E-state index in [2.05, 4.69) is 10.6 Å². The first kappa shape index (κ1) is 28.0. The van der Waals surface area contributed by atoms with Crippen molar-refractivity contribution in [3.05, 3.63) is 64.4 Å². The Kier molecular flexibility index (Phi) is 8.91. The molecule has 2 heterocycles. The zero-order valence-corrected chi connectivity index (χ0v) is 22.9. The summed E-state index contributed by atoms with van der Waals surface area (Å²) in [4.78, 5) is 13.3. The molecule has 2 aliphatic rings. The van der Waals surface area contributed by atoms with E-state index in [1.807, 2.05) is 26.0 Å². The molecule has 1 amide bonds. The van der Waals surface area contributed by atoms with Crippen LogP contribution in [0.1, 0.15) is 50.2 Å². The number of hydrogen-bond acceptors (Lipinski definition) is 5. The number of nitrogens with zero attached hydrogens (tertiary/aromatic N) is 1. The molecule has 7 nitrogen and oxygen atoms in total. The Bertz CT molecular complexity index is 1210. The van der Waals surface area contributed by atoms with E-state index in [9.17, 15) is 17.6 Å². The summed E-state index contributed by atoms with van der Waals surface area (Å²) in [5.74, 6) is -0.885. The third kappa shape index (κ3) is 6.52. The van der Waals surface area contributed by atoms with E-state index in [4.69, 9.17) is 17.3 Å². The number of sulfonamides is 1. The van der Waals surface area contributed by atoms with Gasteiger partial charge in [-0.05, 0) is 61.4 Å². The average molecular weight is 551 g/mol. The van der Waals surface area contributed by atoms with Crippen LogP contribution < -0.4 is 16.4 Å². The van der Waals surface area contributed by atoms with Crippen LogP contribution in [0.4, 0.5) is 10.1 Å². The van der Waals surface area contributed by atoms with Crippen molar-refractivity contribution >= 4 is 33.2 Å². The molecule has 4 N–H and O–H groups in total. The minimum absolute atomic E-state index is 0.0760. The van der Waals surface area contributed by atoms with Crippen molar-refractivity contribution in [1.29, 1.82) is 0 Å². The van der Waals surface area contributed by atoms with Gasteiger partial charge >= 0.3 is 0 Å². The molecule has 2 fully saturated rings. The van der Waals surface area contributed by atoms with Crippen molar-refractivity contribution in [2.75, 3.05) is 24.2 Å². The molecular weight excluding hydrogens is 515 g/mol. The molecule has 5 unspecified atom stereocenters. The Balaban J connectivity index is 1.49. The number of nitrogens with one attached hydrogen (secondary N) is 2. The molecule has 2 aromatic carbocycles. The Labute approximate surface area is 224 Å². The summed E-state index contributed by atoms with van der Waals surface area (Å²) < 4.78 is 42.1. The maximum Gasteiger partial charge on any atom is 0.241 e. The smallest absolute Gasteiger partial charge is 0.241 e. The number of amides is 1. The van der Waals surface area contributed by atoms with Crippen molar-refractivity contribution in [3.63, 3.8) is 0 Å². The fourth-order valence-corrected chi connectivity index (χ4v) is 7.49. The zero-order chi connectivity index (χ0) is 26.7. The fraction of sp³-hybridized carbons (Fsp3) is 0.519. The SMILES string of the molecule is CC(C)C(c1ccc(Cl)cc1)C(N)C(=O)Nc1cccc(F)c1CCC1CNC2CCCS(=O)(=O)N1C2. The van der Waals surface area contributed by atoms with Gasteiger partial charge in [-0.3, -0.25) is 4.79 Å². The number of carbonyl (C=O) groups is 1. The highest BCUT2D eigenvalue weighted by atomic mass is 35.5. The first-order valence-electron chi connectivity index (χ1n) is 12.9. The minimum atomic E-state index is -3.34. The maximum atomic E-state index is 15.0. The van der Waals surface area contributed by atoms with Crippen LogP contribution in [0.3, 0.4) is 0 Å². The van der Waals surface area contributed by atoms with Crippen LogP contribution in [0.2, 0.25) is 5.02 Å². The number of fused-ring (bicyclic) bond motifs is 2. The zero-order valence-electron chi connectivity index (χ0n) is 21.3. The third-order valence-corrected chi connectivity index (χ3v) is 9.75. The Morgan fingerprint density at radius 1 is 1.24 bits per heavy atom. The number of carbonyl (C=O) groups excluding carboxylic acids is 1. The summed E-state index contributed by atoms with van der Waals surface area (Å²) >= 11 is 6.03. The maximum absolute atomic E-state index is 15.0. The lowest BCUT2D eigenvalue weighted by atomic mass is 9.82. The molecule has 37 heavy (non-hydrogen) atoms. The summed E-state index contributed by atoms with van der Waals surface area (Å²) in [6.07, 6.45) is 2.19. The summed E-state index contributed by atoms with van der Waals surface area (Å²) in [5.41, 5.74) is 8.06. The quantitative estimate of drug-likeness (QED) is 0.462. The van der Waals surface area contributed by atoms with Gasteiger partial charge in [-0.25, -0.2) is 12.8 Å². The molecule has 202 valence electrons. The van der Waals surface area contributed by atoms with Gasteiger partial charge in [0.15, 0.2) is 0 Å². The van der Waals surface area contributed by atoms with Crippen LogP contribution >= 0.6 is 11.6 Å². The summed E-state index contributed by atoms with van der Waals surface area (Å²) in [5, 5.41) is 6.89. The lowest BCUT2D eigenvalue weighted by Crippen LogP contribution is -2.57. The van der Waals surface area contributed by atoms with Gasteiger partial charge in [0.05, 0.1) is 11.8 Å². The van der Waals surface area contributed by atoms with E-state index < -0.39 is 27.8 Å². The number of hydrogen-bond donors (Lipinski definition) is 3. The van der Waals surface area contributed by atoms with Crippen LogP contribution in [0, 0.1) is 11.7 Å². The first-order valence-corrected chi connectivity index (χ1v) is 14.9. The second kappa shape index (κ2) is 11.8. The topological polar surface area (TPSA) is 105 Å². The molecule has 2 aromatic rings. The molecule has 0 spiro atoms. The predicted molar refractivity (Wildman–Crippen MR) is 146 cm³/mol. The molecule has 2 bridgehead atoms. The van der Waals surface area contributed by atoms with Gasteiger partial charge in [-0.15, -0.1) is 0 Å². The summed E-state index contributed by atoms with van der Waals surface area (Å²) in [7, 11) is -3.34. The standard InChI is InChI=1S/C27H36ClFN4O3S/c1-17(2)25(18-8-10-19(28)11-9-18)26(30)27(34)32-24-7-3-6-23(29)22(24)13-12-21-15-31-20-5-4-14-37(35,36)33(21)16-20/h3,6-11,17,20-21,25-26,31H,4-5,12-16,30H2,1-2H3,(H,32,34). The normalized spacial score (nSPS) is 24.8. The second-order valence-corrected chi connectivity index (χ2v) is 12.9. The molecule has 2 saturated heterocycles. The van der Waals surface area contributed by atoms with Gasteiger partial charge < -0.3 is 16.4 Å². The van der Waals surface area contributed by atoms with Gasteiger partial charge in [-0.2, -0.15) is 4.31 Å². The van der Waals surface area contributed by atoms with Crippen LogP contribution in [-0.2, 0) is 21.2 Å². The minimum Gasteiger partial charge on any atom is -0.324 e. The number of rotatable bonds is 8. The molecule has 0 aromatic heterocycles. The van der Waals surface area contributed by atoms with Crippen LogP contribution in [0.15, 0.2) is 42.5 Å². The lowest BCUT2D eigenvalue weighted by molar-refractivity contribution is -0.118. The van der Waals surface area contributed by atoms with E-state index in [-0.39, 0.29) is 36.1 Å². The summed E-state index contributed by atoms with van der Waals surface area (Å²) in [6.45, 7) is 4.98. The van der Waals surface area contributed by atoms with Crippen LogP contribution in [-0.4, -0.2) is 55.6 Å². The van der Waals surface area contributed by atoms with Crippen molar-refractivity contribution in [2.24, 2.45) is 11.7 Å². The predicted octanol–water partition coefficient (Wildman–Crippen LogP) is 3.88. The van der Waals surface area contributed by atoms with E-state index >= 15 is 0 Å². The molecule has 5 atom stereocenters. The van der Waals surface area contributed by atoms with Crippen LogP contribution in [0.25, 0.3) is 0 Å². The Hall–Kier alpha value is -2.04. The molecular formula is C27H36ClFN4O3S. The highest BCUT2D eigenvalue weighted by Crippen LogP contribution is 2.30. The number of benzene rings is 2. The van der Waals surface area contributed by atoms with E-state index in [0.29, 0.717) is 42.2 Å². The summed E-state index contributed by atoms with van der Waals surface area (Å²) in [6, 6.07) is 10.9. The van der Waals surface area contributed by atoms with Gasteiger partial charge in [0.1, 0.15) is 5.82 Å². The fourth-order valence-electron chi connectivity index (χ4n) is 5.56. The third-order valence-electron chi connectivity index (χ3n) is 7.53. The molecule has 0 saturated carbocycles. The van der Waals surface area contributed by atoms with E-state index in [1.54, 1.807) is 28.6 Å².